The standard InChI is InChI=1S/C16H19NOS/c1-12(14-6-4-3-5-7-14)10-16(18)17-11-15-9-8-13(2)19-15/h3-9,12H,10-11H2,1-2H3,(H,17,18)/t12-/m0/s1. The van der Waals surface area contributed by atoms with Crippen LogP contribution < -0.4 is 5.32 Å². The number of hydrogen-bond acceptors (Lipinski definition) is 2. The first-order valence-electron chi connectivity index (χ1n) is 6.52. The molecule has 0 radical (unpaired) electrons. The predicted octanol–water partition coefficient (Wildman–Crippen LogP) is 3.87. The molecule has 0 saturated heterocycles. The Bertz CT molecular complexity index is 533. The molecule has 3 heteroatoms. The topological polar surface area (TPSA) is 29.1 Å². The van der Waals surface area contributed by atoms with Crippen LogP contribution in [0.5, 0.6) is 0 Å². The third-order valence-electron chi connectivity index (χ3n) is 3.12. The minimum absolute atomic E-state index is 0.113. The van der Waals surface area contributed by atoms with Crippen LogP contribution in [0.15, 0.2) is 42.5 Å². The van der Waals surface area contributed by atoms with E-state index in [1.807, 2.05) is 18.2 Å². The molecule has 1 heterocycles. The molecule has 2 rings (SSSR count). The Balaban J connectivity index is 1.81. The van der Waals surface area contributed by atoms with Gasteiger partial charge in [-0.25, -0.2) is 0 Å². The summed E-state index contributed by atoms with van der Waals surface area (Å²) in [5.41, 5.74) is 1.21. The highest BCUT2D eigenvalue weighted by molar-refractivity contribution is 7.11. The zero-order chi connectivity index (χ0) is 13.7. The molecule has 1 amide bonds. The quantitative estimate of drug-likeness (QED) is 0.880. The van der Waals surface area contributed by atoms with Crippen LogP contribution in [0.25, 0.3) is 0 Å². The number of amides is 1. The minimum atomic E-state index is 0.113. The molecule has 2 nitrogen and oxygen atoms in total. The summed E-state index contributed by atoms with van der Waals surface area (Å²) >= 11 is 1.73. The Morgan fingerprint density at radius 3 is 2.58 bits per heavy atom. The monoisotopic (exact) mass is 273 g/mol. The molecule has 1 aromatic carbocycles. The molecule has 0 aliphatic rings. The first kappa shape index (κ1) is 13.8. The van der Waals surface area contributed by atoms with Gasteiger partial charge in [0, 0.05) is 16.2 Å². The lowest BCUT2D eigenvalue weighted by Gasteiger charge is -2.11. The van der Waals surface area contributed by atoms with Crippen LogP contribution in [-0.4, -0.2) is 5.91 Å². The molecule has 0 fully saturated rings. The predicted molar refractivity (Wildman–Crippen MR) is 80.4 cm³/mol. The maximum absolute atomic E-state index is 11.9. The third kappa shape index (κ3) is 4.21. The lowest BCUT2D eigenvalue weighted by molar-refractivity contribution is -0.121. The summed E-state index contributed by atoms with van der Waals surface area (Å²) in [5, 5.41) is 2.98. The first-order valence-corrected chi connectivity index (χ1v) is 7.34. The van der Waals surface area contributed by atoms with Crippen molar-refractivity contribution in [2.75, 3.05) is 0 Å². The zero-order valence-corrected chi connectivity index (χ0v) is 12.2. The van der Waals surface area contributed by atoms with E-state index in [9.17, 15) is 4.79 Å². The normalized spacial score (nSPS) is 12.1. The molecule has 0 saturated carbocycles. The molecule has 0 aliphatic heterocycles. The van der Waals surface area contributed by atoms with Crippen molar-refractivity contribution in [2.24, 2.45) is 0 Å². The first-order chi connectivity index (χ1) is 9.15. The van der Waals surface area contributed by atoms with Crippen molar-refractivity contribution in [3.05, 3.63) is 57.8 Å². The number of nitrogens with one attached hydrogen (secondary N) is 1. The van der Waals surface area contributed by atoms with Gasteiger partial charge in [0.25, 0.3) is 0 Å². The van der Waals surface area contributed by atoms with Crippen molar-refractivity contribution in [2.45, 2.75) is 32.7 Å². The van der Waals surface area contributed by atoms with Crippen LogP contribution in [-0.2, 0) is 11.3 Å². The van der Waals surface area contributed by atoms with Crippen LogP contribution in [0, 0.1) is 6.92 Å². The van der Waals surface area contributed by atoms with Gasteiger partial charge in [0.2, 0.25) is 5.91 Å². The van der Waals surface area contributed by atoms with E-state index >= 15 is 0 Å². The summed E-state index contributed by atoms with van der Waals surface area (Å²) in [7, 11) is 0. The molecule has 1 N–H and O–H groups in total. The SMILES string of the molecule is Cc1ccc(CNC(=O)C[C@H](C)c2ccccc2)s1. The van der Waals surface area contributed by atoms with Crippen molar-refractivity contribution in [1.82, 2.24) is 5.32 Å². The van der Waals surface area contributed by atoms with E-state index in [0.717, 1.165) is 0 Å². The van der Waals surface area contributed by atoms with E-state index in [0.29, 0.717) is 13.0 Å². The van der Waals surface area contributed by atoms with E-state index in [1.54, 1.807) is 11.3 Å². The number of carbonyl (C=O) groups is 1. The van der Waals surface area contributed by atoms with Crippen molar-refractivity contribution in [3.63, 3.8) is 0 Å². The second-order valence-electron chi connectivity index (χ2n) is 4.80. The molecule has 1 atom stereocenters. The lowest BCUT2D eigenvalue weighted by atomic mass is 9.98. The maximum Gasteiger partial charge on any atom is 0.220 e. The van der Waals surface area contributed by atoms with Crippen molar-refractivity contribution >= 4 is 17.2 Å². The molecular formula is C16H19NOS. The Morgan fingerprint density at radius 1 is 1.21 bits per heavy atom. The summed E-state index contributed by atoms with van der Waals surface area (Å²) in [4.78, 5) is 14.4. The van der Waals surface area contributed by atoms with Crippen LogP contribution in [0.1, 0.15) is 34.6 Å². The fourth-order valence-corrected chi connectivity index (χ4v) is 2.85. The van der Waals surface area contributed by atoms with Crippen LogP contribution in [0.2, 0.25) is 0 Å². The number of hydrogen-bond donors (Lipinski definition) is 1. The van der Waals surface area contributed by atoms with E-state index in [2.05, 4.69) is 43.4 Å². The summed E-state index contributed by atoms with van der Waals surface area (Å²) in [6.45, 7) is 4.80. The van der Waals surface area contributed by atoms with Gasteiger partial charge in [-0.15, -0.1) is 11.3 Å². The second-order valence-corrected chi connectivity index (χ2v) is 6.18. The van der Waals surface area contributed by atoms with Gasteiger partial charge < -0.3 is 5.32 Å². The summed E-state index contributed by atoms with van der Waals surface area (Å²) < 4.78 is 0. The Labute approximate surface area is 118 Å². The molecule has 0 bridgehead atoms. The maximum atomic E-state index is 11.9. The fourth-order valence-electron chi connectivity index (χ4n) is 2.02. The highest BCUT2D eigenvalue weighted by atomic mass is 32.1. The molecule has 100 valence electrons. The van der Waals surface area contributed by atoms with E-state index in [-0.39, 0.29) is 11.8 Å². The zero-order valence-electron chi connectivity index (χ0n) is 11.3. The second kappa shape index (κ2) is 6.53. The van der Waals surface area contributed by atoms with E-state index in [1.165, 1.54) is 15.3 Å². The fraction of sp³-hybridized carbons (Fsp3) is 0.312. The van der Waals surface area contributed by atoms with Crippen molar-refractivity contribution < 1.29 is 4.79 Å². The smallest absolute Gasteiger partial charge is 0.220 e. The highest BCUT2D eigenvalue weighted by Gasteiger charge is 2.10. The van der Waals surface area contributed by atoms with Crippen LogP contribution in [0.3, 0.4) is 0 Å². The van der Waals surface area contributed by atoms with E-state index in [4.69, 9.17) is 0 Å². The average Bonchev–Trinajstić information content (AvgIpc) is 2.83. The van der Waals surface area contributed by atoms with Crippen LogP contribution in [0.4, 0.5) is 0 Å². The van der Waals surface area contributed by atoms with Crippen molar-refractivity contribution in [1.29, 1.82) is 0 Å². The molecule has 0 aliphatic carbocycles. The van der Waals surface area contributed by atoms with Gasteiger partial charge in [0.1, 0.15) is 0 Å². The Hall–Kier alpha value is -1.61. The van der Waals surface area contributed by atoms with Crippen LogP contribution >= 0.6 is 11.3 Å². The van der Waals surface area contributed by atoms with Gasteiger partial charge in [-0.3, -0.25) is 4.79 Å². The summed E-state index contributed by atoms with van der Waals surface area (Å²) in [5.74, 6) is 0.369. The summed E-state index contributed by atoms with van der Waals surface area (Å²) in [6.07, 6.45) is 0.536. The lowest BCUT2D eigenvalue weighted by Crippen LogP contribution is -2.23. The number of aryl methyl sites for hydroxylation is 1. The van der Waals surface area contributed by atoms with Gasteiger partial charge in [0.05, 0.1) is 6.54 Å². The number of carbonyl (C=O) groups excluding carboxylic acids is 1. The minimum Gasteiger partial charge on any atom is -0.351 e. The average molecular weight is 273 g/mol. The van der Waals surface area contributed by atoms with Gasteiger partial charge in [-0.2, -0.15) is 0 Å². The van der Waals surface area contributed by atoms with Gasteiger partial charge in [-0.05, 0) is 30.5 Å². The Kier molecular flexibility index (Phi) is 4.74. The highest BCUT2D eigenvalue weighted by Crippen LogP contribution is 2.19. The van der Waals surface area contributed by atoms with E-state index < -0.39 is 0 Å². The molecule has 2 aromatic rings. The molecule has 19 heavy (non-hydrogen) atoms. The van der Waals surface area contributed by atoms with Gasteiger partial charge in [-0.1, -0.05) is 37.3 Å². The summed E-state index contributed by atoms with van der Waals surface area (Å²) in [6, 6.07) is 14.3. The molecular weight excluding hydrogens is 254 g/mol. The molecule has 0 unspecified atom stereocenters. The molecule has 0 spiro atoms. The molecule has 1 aromatic heterocycles. The number of thiophene rings is 1. The largest absolute Gasteiger partial charge is 0.351 e. The van der Waals surface area contributed by atoms with Crippen molar-refractivity contribution in [3.8, 4) is 0 Å². The van der Waals surface area contributed by atoms with Gasteiger partial charge >= 0.3 is 0 Å². The number of benzene rings is 1. The third-order valence-corrected chi connectivity index (χ3v) is 4.12. The Morgan fingerprint density at radius 2 is 1.95 bits per heavy atom. The van der Waals surface area contributed by atoms with Gasteiger partial charge in [0.15, 0.2) is 0 Å². The number of rotatable bonds is 5.